The van der Waals surface area contributed by atoms with Gasteiger partial charge in [-0.3, -0.25) is 0 Å². The normalized spacial score (nSPS) is 12.8. The van der Waals surface area contributed by atoms with Crippen molar-refractivity contribution < 1.29 is 4.74 Å². The third-order valence-corrected chi connectivity index (χ3v) is 2.71. The second kappa shape index (κ2) is 7.28. The Kier molecular flexibility index (Phi) is 6.01. The summed E-state index contributed by atoms with van der Waals surface area (Å²) in [5.41, 5.74) is 3.58. The van der Waals surface area contributed by atoms with Crippen LogP contribution in [-0.2, 0) is 4.74 Å². The summed E-state index contributed by atoms with van der Waals surface area (Å²) >= 11 is 0. The summed E-state index contributed by atoms with van der Waals surface area (Å²) in [4.78, 5) is 8.99. The van der Waals surface area contributed by atoms with Gasteiger partial charge in [0.25, 0.3) is 0 Å². The number of nitrogens with zero attached hydrogens (tertiary/aromatic N) is 2. The number of hydrogen-bond acceptors (Lipinski definition) is 5. The van der Waals surface area contributed by atoms with E-state index in [0.717, 1.165) is 24.4 Å². The smallest absolute Gasteiger partial charge is 0.159 e. The molecule has 0 spiro atoms. The molecule has 0 aromatic carbocycles. The van der Waals surface area contributed by atoms with E-state index in [2.05, 4.69) is 36.2 Å². The molecule has 0 bridgehead atoms. The number of hydrogen-bond donors (Lipinski definition) is 2. The monoisotopic (exact) mass is 252 g/mol. The highest BCUT2D eigenvalue weighted by atomic mass is 16.5. The van der Waals surface area contributed by atoms with Gasteiger partial charge in [-0.2, -0.15) is 0 Å². The first-order valence-electron chi connectivity index (χ1n) is 6.59. The molecule has 1 aromatic heterocycles. The zero-order valence-electron chi connectivity index (χ0n) is 11.7. The molecule has 102 valence electrons. The number of nitrogens with two attached hydrogens (primary N) is 1. The Morgan fingerprint density at radius 3 is 2.56 bits per heavy atom. The molecule has 18 heavy (non-hydrogen) atoms. The van der Waals surface area contributed by atoms with Gasteiger partial charge in [0.2, 0.25) is 0 Å². The number of nitrogens with one attached hydrogen (secondary N) is 1. The Hall–Kier alpha value is -1.20. The molecule has 1 unspecified atom stereocenters. The topological polar surface area (TPSA) is 73.1 Å². The van der Waals surface area contributed by atoms with E-state index in [1.165, 1.54) is 0 Å². The van der Waals surface area contributed by atoms with Crippen molar-refractivity contribution in [3.05, 3.63) is 17.6 Å². The van der Waals surface area contributed by atoms with Crippen LogP contribution in [0, 0.1) is 0 Å². The predicted octanol–water partition coefficient (Wildman–Crippen LogP) is 2.76. The van der Waals surface area contributed by atoms with Crippen LogP contribution < -0.4 is 11.3 Å². The van der Waals surface area contributed by atoms with Crippen molar-refractivity contribution in [3.8, 4) is 0 Å². The van der Waals surface area contributed by atoms with Gasteiger partial charge in [0.15, 0.2) is 5.82 Å². The standard InChI is InChI=1S/C13H24N4O/c1-5-7-11(18-6-2)13-15-10(9(3)4)8-12(16-13)17-14/h8-9,11H,5-7,14H2,1-4H3,(H,15,16,17). The third kappa shape index (κ3) is 3.92. The van der Waals surface area contributed by atoms with Crippen LogP contribution in [-0.4, -0.2) is 16.6 Å². The minimum absolute atomic E-state index is 0.0502. The molecule has 5 nitrogen and oxygen atoms in total. The average molecular weight is 252 g/mol. The van der Waals surface area contributed by atoms with Crippen molar-refractivity contribution in [1.29, 1.82) is 0 Å². The molecule has 0 saturated carbocycles. The lowest BCUT2D eigenvalue weighted by Gasteiger charge is -2.17. The lowest BCUT2D eigenvalue weighted by atomic mass is 10.1. The molecule has 5 heteroatoms. The second-order valence-electron chi connectivity index (χ2n) is 4.57. The first-order valence-corrected chi connectivity index (χ1v) is 6.59. The second-order valence-corrected chi connectivity index (χ2v) is 4.57. The molecule has 0 aliphatic rings. The van der Waals surface area contributed by atoms with Crippen molar-refractivity contribution in [2.24, 2.45) is 5.84 Å². The molecule has 0 amide bonds. The average Bonchev–Trinajstić information content (AvgIpc) is 2.37. The zero-order valence-corrected chi connectivity index (χ0v) is 11.7. The Balaban J connectivity index is 3.07. The fraction of sp³-hybridized carbons (Fsp3) is 0.692. The van der Waals surface area contributed by atoms with Crippen molar-refractivity contribution in [2.45, 2.75) is 52.6 Å². The van der Waals surface area contributed by atoms with E-state index in [4.69, 9.17) is 10.6 Å². The molecule has 0 aliphatic carbocycles. The van der Waals surface area contributed by atoms with Crippen LogP contribution in [0.4, 0.5) is 5.82 Å². The number of hydrazine groups is 1. The predicted molar refractivity (Wildman–Crippen MR) is 73.2 cm³/mol. The molecular formula is C13H24N4O. The summed E-state index contributed by atoms with van der Waals surface area (Å²) in [6.07, 6.45) is 1.90. The number of ether oxygens (including phenoxy) is 1. The van der Waals surface area contributed by atoms with Crippen LogP contribution in [0.3, 0.4) is 0 Å². The van der Waals surface area contributed by atoms with Crippen LogP contribution in [0.1, 0.15) is 64.1 Å². The maximum Gasteiger partial charge on any atom is 0.159 e. The lowest BCUT2D eigenvalue weighted by Crippen LogP contribution is -2.15. The summed E-state index contributed by atoms with van der Waals surface area (Å²) in [5.74, 6) is 7.15. The van der Waals surface area contributed by atoms with Gasteiger partial charge in [-0.25, -0.2) is 15.8 Å². The molecule has 0 aliphatic heterocycles. The van der Waals surface area contributed by atoms with E-state index in [-0.39, 0.29) is 6.10 Å². The number of nitrogen functional groups attached to an aromatic ring is 1. The molecule has 3 N–H and O–H groups in total. The fourth-order valence-corrected chi connectivity index (χ4v) is 1.75. The Bertz CT molecular complexity index is 362. The van der Waals surface area contributed by atoms with Gasteiger partial charge in [0.1, 0.15) is 11.9 Å². The van der Waals surface area contributed by atoms with E-state index >= 15 is 0 Å². The lowest BCUT2D eigenvalue weighted by molar-refractivity contribution is 0.0493. The van der Waals surface area contributed by atoms with Crippen molar-refractivity contribution in [1.82, 2.24) is 9.97 Å². The highest BCUT2D eigenvalue weighted by Crippen LogP contribution is 2.23. The maximum absolute atomic E-state index is 5.71. The van der Waals surface area contributed by atoms with E-state index in [0.29, 0.717) is 18.3 Å². The molecule has 1 heterocycles. The Morgan fingerprint density at radius 1 is 1.33 bits per heavy atom. The molecule has 0 radical (unpaired) electrons. The van der Waals surface area contributed by atoms with Gasteiger partial charge in [-0.15, -0.1) is 0 Å². The highest BCUT2D eigenvalue weighted by Gasteiger charge is 2.16. The first-order chi connectivity index (χ1) is 8.62. The highest BCUT2D eigenvalue weighted by molar-refractivity contribution is 5.35. The first kappa shape index (κ1) is 14.9. The van der Waals surface area contributed by atoms with Crippen LogP contribution >= 0.6 is 0 Å². The van der Waals surface area contributed by atoms with Gasteiger partial charge in [0, 0.05) is 18.4 Å². The summed E-state index contributed by atoms with van der Waals surface area (Å²) in [6.45, 7) is 8.96. The zero-order chi connectivity index (χ0) is 13.5. The summed E-state index contributed by atoms with van der Waals surface area (Å²) in [5, 5.41) is 0. The van der Waals surface area contributed by atoms with Gasteiger partial charge in [-0.05, 0) is 19.3 Å². The van der Waals surface area contributed by atoms with Crippen LogP contribution in [0.25, 0.3) is 0 Å². The van der Waals surface area contributed by atoms with Crippen LogP contribution in [0.15, 0.2) is 6.07 Å². The minimum Gasteiger partial charge on any atom is -0.371 e. The molecule has 0 saturated heterocycles. The maximum atomic E-state index is 5.71. The van der Waals surface area contributed by atoms with Crippen molar-refractivity contribution >= 4 is 5.82 Å². The quantitative estimate of drug-likeness (QED) is 0.576. The summed E-state index contributed by atoms with van der Waals surface area (Å²) < 4.78 is 5.71. The minimum atomic E-state index is -0.0502. The van der Waals surface area contributed by atoms with Crippen LogP contribution in [0.2, 0.25) is 0 Å². The van der Waals surface area contributed by atoms with Gasteiger partial charge in [0.05, 0.1) is 0 Å². The Morgan fingerprint density at radius 2 is 2.06 bits per heavy atom. The molecule has 1 aromatic rings. The van der Waals surface area contributed by atoms with E-state index in [1.807, 2.05) is 13.0 Å². The van der Waals surface area contributed by atoms with E-state index < -0.39 is 0 Å². The fourth-order valence-electron chi connectivity index (χ4n) is 1.75. The SMILES string of the molecule is CCCC(OCC)c1nc(NN)cc(C(C)C)n1. The van der Waals surface area contributed by atoms with Gasteiger partial charge in [-0.1, -0.05) is 27.2 Å². The van der Waals surface area contributed by atoms with Crippen molar-refractivity contribution in [3.63, 3.8) is 0 Å². The van der Waals surface area contributed by atoms with E-state index in [1.54, 1.807) is 0 Å². The largest absolute Gasteiger partial charge is 0.371 e. The molecule has 1 atom stereocenters. The number of aromatic nitrogens is 2. The molecule has 1 rings (SSSR count). The third-order valence-electron chi connectivity index (χ3n) is 2.71. The van der Waals surface area contributed by atoms with Crippen molar-refractivity contribution in [2.75, 3.05) is 12.0 Å². The van der Waals surface area contributed by atoms with Gasteiger partial charge >= 0.3 is 0 Å². The number of rotatable bonds is 7. The Labute approximate surface area is 109 Å². The number of anilines is 1. The molecule has 0 fully saturated rings. The summed E-state index contributed by atoms with van der Waals surface area (Å²) in [7, 11) is 0. The summed E-state index contributed by atoms with van der Waals surface area (Å²) in [6, 6.07) is 1.88. The van der Waals surface area contributed by atoms with Gasteiger partial charge < -0.3 is 10.2 Å². The molecular weight excluding hydrogens is 228 g/mol. The van der Waals surface area contributed by atoms with Crippen LogP contribution in [0.5, 0.6) is 0 Å². The van der Waals surface area contributed by atoms with E-state index in [9.17, 15) is 0 Å².